The second kappa shape index (κ2) is 6.31. The van der Waals surface area contributed by atoms with Gasteiger partial charge in [0, 0.05) is 30.2 Å². The van der Waals surface area contributed by atoms with Crippen molar-refractivity contribution < 1.29 is 4.57 Å². The van der Waals surface area contributed by atoms with Gasteiger partial charge in [0.1, 0.15) is 6.54 Å². The molecule has 0 unspecified atom stereocenters. The molecule has 2 nitrogen and oxygen atoms in total. The molecule has 0 spiro atoms. The number of aliphatic imine (C=N–C) groups is 1. The van der Waals surface area contributed by atoms with Crippen molar-refractivity contribution in [2.24, 2.45) is 4.99 Å². The standard InChI is InChI=1S/C19H19N2/c1-2-21-15-13-16(18-10-6-7-11-19(18)21)12-14-20-17-8-4-3-5-9-17/h3-11,13-15H,2,12H2,1H3/q+1. The summed E-state index contributed by atoms with van der Waals surface area (Å²) >= 11 is 0. The highest BCUT2D eigenvalue weighted by molar-refractivity contribution is 5.82. The average molecular weight is 275 g/mol. The van der Waals surface area contributed by atoms with E-state index in [9.17, 15) is 0 Å². The van der Waals surface area contributed by atoms with Gasteiger partial charge >= 0.3 is 0 Å². The zero-order valence-corrected chi connectivity index (χ0v) is 12.2. The maximum atomic E-state index is 4.52. The molecule has 0 aliphatic carbocycles. The molecule has 0 fully saturated rings. The van der Waals surface area contributed by atoms with Gasteiger partial charge in [-0.05, 0) is 30.7 Å². The Hall–Kier alpha value is -2.48. The number of benzene rings is 2. The SMILES string of the molecule is CC[n+]1ccc(CC=Nc2ccccc2)c2ccccc21. The number of nitrogens with zero attached hydrogens (tertiary/aromatic N) is 2. The minimum absolute atomic E-state index is 0.847. The Kier molecular flexibility index (Phi) is 4.06. The van der Waals surface area contributed by atoms with E-state index in [0.717, 1.165) is 18.7 Å². The first kappa shape index (κ1) is 13.5. The number of pyridine rings is 1. The predicted octanol–water partition coefficient (Wildman–Crippen LogP) is 4.09. The molecule has 0 N–H and O–H groups in total. The molecule has 0 saturated carbocycles. The van der Waals surface area contributed by atoms with Crippen molar-refractivity contribution in [1.82, 2.24) is 0 Å². The van der Waals surface area contributed by atoms with E-state index in [1.54, 1.807) is 0 Å². The maximum Gasteiger partial charge on any atom is 0.212 e. The quantitative estimate of drug-likeness (QED) is 0.503. The summed E-state index contributed by atoms with van der Waals surface area (Å²) in [5.74, 6) is 0. The van der Waals surface area contributed by atoms with Crippen molar-refractivity contribution in [2.75, 3.05) is 0 Å². The van der Waals surface area contributed by atoms with Crippen LogP contribution in [0.4, 0.5) is 5.69 Å². The van der Waals surface area contributed by atoms with Gasteiger partial charge in [-0.2, -0.15) is 4.57 Å². The van der Waals surface area contributed by atoms with E-state index in [2.05, 4.69) is 53.0 Å². The lowest BCUT2D eigenvalue weighted by Crippen LogP contribution is -2.32. The Balaban J connectivity index is 1.90. The fourth-order valence-corrected chi connectivity index (χ4v) is 2.56. The maximum absolute atomic E-state index is 4.52. The summed E-state index contributed by atoms with van der Waals surface area (Å²) < 4.78 is 2.27. The van der Waals surface area contributed by atoms with Gasteiger partial charge in [0.25, 0.3) is 0 Å². The zero-order valence-electron chi connectivity index (χ0n) is 12.2. The summed E-state index contributed by atoms with van der Waals surface area (Å²) in [6.07, 6.45) is 5.00. The number of fused-ring (bicyclic) bond motifs is 1. The predicted molar refractivity (Wildman–Crippen MR) is 88.1 cm³/mol. The largest absolute Gasteiger partial charge is 0.261 e. The molecule has 0 atom stereocenters. The van der Waals surface area contributed by atoms with Crippen LogP contribution >= 0.6 is 0 Å². The van der Waals surface area contributed by atoms with Crippen LogP contribution in [0.3, 0.4) is 0 Å². The molecule has 0 bridgehead atoms. The smallest absolute Gasteiger partial charge is 0.212 e. The van der Waals surface area contributed by atoms with E-state index in [0.29, 0.717) is 0 Å². The topological polar surface area (TPSA) is 16.2 Å². The number of rotatable bonds is 4. The molecule has 0 saturated heterocycles. The minimum atomic E-state index is 0.847. The van der Waals surface area contributed by atoms with Crippen molar-refractivity contribution in [3.05, 3.63) is 72.4 Å². The van der Waals surface area contributed by atoms with Crippen LogP contribution in [0.5, 0.6) is 0 Å². The Morgan fingerprint density at radius 3 is 2.52 bits per heavy atom. The van der Waals surface area contributed by atoms with Crippen molar-refractivity contribution in [3.8, 4) is 0 Å². The van der Waals surface area contributed by atoms with Crippen molar-refractivity contribution in [3.63, 3.8) is 0 Å². The lowest BCUT2D eigenvalue weighted by molar-refractivity contribution is -0.667. The molecule has 0 aliphatic rings. The minimum Gasteiger partial charge on any atom is -0.261 e. The molecular formula is C19H19N2+. The lowest BCUT2D eigenvalue weighted by atomic mass is 10.1. The van der Waals surface area contributed by atoms with E-state index >= 15 is 0 Å². The number of para-hydroxylation sites is 2. The van der Waals surface area contributed by atoms with Gasteiger partial charge in [0.15, 0.2) is 6.20 Å². The van der Waals surface area contributed by atoms with Gasteiger partial charge in [-0.15, -0.1) is 0 Å². The first-order valence-corrected chi connectivity index (χ1v) is 7.36. The summed E-state index contributed by atoms with van der Waals surface area (Å²) in [7, 11) is 0. The van der Waals surface area contributed by atoms with Gasteiger partial charge in [-0.25, -0.2) is 0 Å². The van der Waals surface area contributed by atoms with Gasteiger partial charge in [0.05, 0.1) is 5.69 Å². The second-order valence-corrected chi connectivity index (χ2v) is 5.00. The molecular weight excluding hydrogens is 256 g/mol. The van der Waals surface area contributed by atoms with Crippen LogP contribution in [-0.2, 0) is 13.0 Å². The van der Waals surface area contributed by atoms with E-state index in [1.165, 1.54) is 16.5 Å². The average Bonchev–Trinajstić information content (AvgIpc) is 2.56. The lowest BCUT2D eigenvalue weighted by Gasteiger charge is -2.03. The first-order valence-electron chi connectivity index (χ1n) is 7.36. The highest BCUT2D eigenvalue weighted by Gasteiger charge is 2.09. The van der Waals surface area contributed by atoms with E-state index in [4.69, 9.17) is 0 Å². The Bertz CT molecular complexity index is 761. The van der Waals surface area contributed by atoms with Crippen LogP contribution in [0.2, 0.25) is 0 Å². The third-order valence-electron chi connectivity index (χ3n) is 3.66. The van der Waals surface area contributed by atoms with Gasteiger partial charge in [-0.3, -0.25) is 4.99 Å². The summed E-state index contributed by atoms with van der Waals surface area (Å²) in [5, 5.41) is 1.31. The molecule has 2 heteroatoms. The molecule has 21 heavy (non-hydrogen) atoms. The number of aromatic nitrogens is 1. The molecule has 3 aromatic rings. The van der Waals surface area contributed by atoms with Gasteiger partial charge in [-0.1, -0.05) is 30.3 Å². The van der Waals surface area contributed by atoms with Crippen LogP contribution in [0.25, 0.3) is 10.9 Å². The van der Waals surface area contributed by atoms with Crippen molar-refractivity contribution >= 4 is 22.8 Å². The fourth-order valence-electron chi connectivity index (χ4n) is 2.56. The summed E-state index contributed by atoms with van der Waals surface area (Å²) in [5.41, 5.74) is 3.60. The molecule has 2 aromatic carbocycles. The molecule has 3 rings (SSSR count). The highest BCUT2D eigenvalue weighted by atomic mass is 14.9. The highest BCUT2D eigenvalue weighted by Crippen LogP contribution is 2.16. The Morgan fingerprint density at radius 2 is 1.71 bits per heavy atom. The Labute approximate surface area is 125 Å². The summed E-state index contributed by atoms with van der Waals surface area (Å²) in [4.78, 5) is 4.52. The van der Waals surface area contributed by atoms with Gasteiger partial charge < -0.3 is 0 Å². The first-order chi connectivity index (χ1) is 10.4. The Morgan fingerprint density at radius 1 is 0.952 bits per heavy atom. The number of aryl methyl sites for hydroxylation is 1. The van der Waals surface area contributed by atoms with Crippen molar-refractivity contribution in [2.45, 2.75) is 19.9 Å². The monoisotopic (exact) mass is 275 g/mol. The summed E-state index contributed by atoms with van der Waals surface area (Å²) in [6, 6.07) is 20.8. The van der Waals surface area contributed by atoms with Crippen LogP contribution in [-0.4, -0.2) is 6.21 Å². The van der Waals surface area contributed by atoms with Crippen LogP contribution < -0.4 is 4.57 Å². The molecule has 0 aliphatic heterocycles. The van der Waals surface area contributed by atoms with E-state index in [1.807, 2.05) is 36.5 Å². The number of hydrogen-bond acceptors (Lipinski definition) is 1. The fraction of sp³-hybridized carbons (Fsp3) is 0.158. The summed E-state index contributed by atoms with van der Waals surface area (Å²) in [6.45, 7) is 3.15. The molecule has 0 amide bonds. The zero-order chi connectivity index (χ0) is 14.5. The van der Waals surface area contributed by atoms with Crippen LogP contribution in [0, 0.1) is 0 Å². The molecule has 104 valence electrons. The number of hydrogen-bond donors (Lipinski definition) is 0. The molecule has 1 aromatic heterocycles. The van der Waals surface area contributed by atoms with E-state index in [-0.39, 0.29) is 0 Å². The van der Waals surface area contributed by atoms with Crippen LogP contribution in [0.15, 0.2) is 71.9 Å². The second-order valence-electron chi connectivity index (χ2n) is 5.00. The van der Waals surface area contributed by atoms with Crippen molar-refractivity contribution in [1.29, 1.82) is 0 Å². The van der Waals surface area contributed by atoms with Crippen LogP contribution in [0.1, 0.15) is 12.5 Å². The normalized spacial score (nSPS) is 11.3. The van der Waals surface area contributed by atoms with E-state index < -0.39 is 0 Å². The third-order valence-corrected chi connectivity index (χ3v) is 3.66. The third kappa shape index (κ3) is 3.00. The molecule has 0 radical (unpaired) electrons. The molecule has 1 heterocycles. The van der Waals surface area contributed by atoms with Gasteiger partial charge in [0.2, 0.25) is 5.52 Å².